The summed E-state index contributed by atoms with van der Waals surface area (Å²) in [5, 5.41) is 8.83. The molecular formula is C19H14BrN3O2. The van der Waals surface area contributed by atoms with Gasteiger partial charge in [-0.2, -0.15) is 5.26 Å². The van der Waals surface area contributed by atoms with Gasteiger partial charge >= 0.3 is 0 Å². The normalized spacial score (nSPS) is 10.2. The molecule has 0 saturated heterocycles. The highest BCUT2D eigenvalue weighted by molar-refractivity contribution is 9.10. The first-order valence-corrected chi connectivity index (χ1v) is 8.37. The summed E-state index contributed by atoms with van der Waals surface area (Å²) in [7, 11) is 0. The van der Waals surface area contributed by atoms with Crippen LogP contribution in [-0.4, -0.2) is 9.55 Å². The van der Waals surface area contributed by atoms with Crippen LogP contribution < -0.4 is 10.3 Å². The summed E-state index contributed by atoms with van der Waals surface area (Å²) in [4.78, 5) is 16.7. The fraction of sp³-hybridized carbons (Fsp3) is 0.105. The maximum absolute atomic E-state index is 12.5. The van der Waals surface area contributed by atoms with E-state index < -0.39 is 0 Å². The van der Waals surface area contributed by atoms with E-state index in [0.29, 0.717) is 23.2 Å². The Kier molecular flexibility index (Phi) is 5.26. The van der Waals surface area contributed by atoms with Crippen molar-refractivity contribution >= 4 is 15.9 Å². The van der Waals surface area contributed by atoms with Crippen molar-refractivity contribution in [3.63, 3.8) is 0 Å². The average molecular weight is 396 g/mol. The molecule has 5 nitrogen and oxygen atoms in total. The van der Waals surface area contributed by atoms with Crippen LogP contribution in [0.5, 0.6) is 5.88 Å². The number of nitriles is 1. The molecule has 0 aliphatic heterocycles. The Morgan fingerprint density at radius 1 is 1.08 bits per heavy atom. The van der Waals surface area contributed by atoms with Gasteiger partial charge in [0.15, 0.2) is 0 Å². The molecule has 25 heavy (non-hydrogen) atoms. The quantitative estimate of drug-likeness (QED) is 0.662. The summed E-state index contributed by atoms with van der Waals surface area (Å²) in [6.45, 7) is 0.709. The molecule has 1 aromatic heterocycles. The Morgan fingerprint density at radius 2 is 1.80 bits per heavy atom. The molecule has 6 heteroatoms. The van der Waals surface area contributed by atoms with Gasteiger partial charge in [0.05, 0.1) is 18.2 Å². The fourth-order valence-corrected chi connectivity index (χ4v) is 2.71. The summed E-state index contributed by atoms with van der Waals surface area (Å²) in [6, 6.07) is 18.8. The van der Waals surface area contributed by atoms with Crippen molar-refractivity contribution < 1.29 is 4.74 Å². The first kappa shape index (κ1) is 16.9. The van der Waals surface area contributed by atoms with E-state index >= 15 is 0 Å². The van der Waals surface area contributed by atoms with Crippen LogP contribution in [0.15, 0.2) is 70.2 Å². The Labute approximate surface area is 153 Å². The second kappa shape index (κ2) is 7.77. The van der Waals surface area contributed by atoms with Gasteiger partial charge in [-0.3, -0.25) is 9.36 Å². The standard InChI is InChI=1S/C19H14BrN3O2/c20-17-18(25-12-16-4-2-1-3-5-16)22-13-23(19(17)24)11-15-8-6-14(10-21)7-9-15/h1-9,13H,11-12H2. The van der Waals surface area contributed by atoms with Gasteiger partial charge in [0.25, 0.3) is 5.56 Å². The SMILES string of the molecule is N#Cc1ccc(Cn2cnc(OCc3ccccc3)c(Br)c2=O)cc1. The van der Waals surface area contributed by atoms with E-state index in [-0.39, 0.29) is 11.4 Å². The van der Waals surface area contributed by atoms with Crippen LogP contribution in [0.2, 0.25) is 0 Å². The van der Waals surface area contributed by atoms with Gasteiger partial charge in [-0.15, -0.1) is 0 Å². The van der Waals surface area contributed by atoms with Crippen LogP contribution in [0.25, 0.3) is 0 Å². The van der Waals surface area contributed by atoms with E-state index in [2.05, 4.69) is 27.0 Å². The molecule has 0 radical (unpaired) electrons. The van der Waals surface area contributed by atoms with Gasteiger partial charge in [-0.05, 0) is 39.2 Å². The molecule has 0 bridgehead atoms. The maximum Gasteiger partial charge on any atom is 0.271 e. The number of halogens is 1. The molecule has 3 aromatic rings. The van der Waals surface area contributed by atoms with Gasteiger partial charge in [-0.1, -0.05) is 42.5 Å². The summed E-state index contributed by atoms with van der Waals surface area (Å²) >= 11 is 3.28. The molecule has 0 spiro atoms. The van der Waals surface area contributed by atoms with E-state index in [0.717, 1.165) is 11.1 Å². The molecule has 0 saturated carbocycles. The molecule has 0 fully saturated rings. The summed E-state index contributed by atoms with van der Waals surface area (Å²) in [5.74, 6) is 0.268. The molecule has 0 aliphatic carbocycles. The lowest BCUT2D eigenvalue weighted by Crippen LogP contribution is -2.22. The van der Waals surface area contributed by atoms with Crippen LogP contribution in [0.4, 0.5) is 0 Å². The van der Waals surface area contributed by atoms with E-state index in [1.165, 1.54) is 10.9 Å². The highest BCUT2D eigenvalue weighted by Gasteiger charge is 2.11. The van der Waals surface area contributed by atoms with Gasteiger partial charge in [0.2, 0.25) is 5.88 Å². The first-order chi connectivity index (χ1) is 12.2. The van der Waals surface area contributed by atoms with E-state index in [1.807, 2.05) is 42.5 Å². The minimum absolute atomic E-state index is 0.220. The predicted octanol–water partition coefficient (Wildman–Crippen LogP) is 3.50. The third kappa shape index (κ3) is 4.14. The van der Waals surface area contributed by atoms with Gasteiger partial charge in [-0.25, -0.2) is 4.98 Å². The van der Waals surface area contributed by atoms with Crippen LogP contribution in [0, 0.1) is 11.3 Å². The van der Waals surface area contributed by atoms with Crippen molar-refractivity contribution in [1.29, 1.82) is 5.26 Å². The number of rotatable bonds is 5. The van der Waals surface area contributed by atoms with Crippen LogP contribution in [-0.2, 0) is 13.2 Å². The average Bonchev–Trinajstić information content (AvgIpc) is 2.66. The number of aromatic nitrogens is 2. The van der Waals surface area contributed by atoms with Crippen LogP contribution in [0.1, 0.15) is 16.7 Å². The zero-order valence-electron chi connectivity index (χ0n) is 13.2. The lowest BCUT2D eigenvalue weighted by molar-refractivity contribution is 0.289. The topological polar surface area (TPSA) is 67.9 Å². The number of hydrogen-bond donors (Lipinski definition) is 0. The summed E-state index contributed by atoms with van der Waals surface area (Å²) in [6.07, 6.45) is 1.46. The van der Waals surface area contributed by atoms with Crippen molar-refractivity contribution in [2.45, 2.75) is 13.2 Å². The summed E-state index contributed by atoms with van der Waals surface area (Å²) < 4.78 is 7.41. The number of benzene rings is 2. The van der Waals surface area contributed by atoms with Crippen molar-refractivity contribution in [3.05, 3.63) is 92.4 Å². The molecule has 0 amide bonds. The second-order valence-corrected chi connectivity index (χ2v) is 6.17. The van der Waals surface area contributed by atoms with Crippen molar-refractivity contribution in [2.24, 2.45) is 0 Å². The van der Waals surface area contributed by atoms with Gasteiger partial charge < -0.3 is 4.74 Å². The van der Waals surface area contributed by atoms with Gasteiger partial charge in [0, 0.05) is 0 Å². The lowest BCUT2D eigenvalue weighted by Gasteiger charge is -2.10. The van der Waals surface area contributed by atoms with Crippen molar-refractivity contribution in [1.82, 2.24) is 9.55 Å². The van der Waals surface area contributed by atoms with Crippen LogP contribution >= 0.6 is 15.9 Å². The molecular weight excluding hydrogens is 382 g/mol. The molecule has 0 unspecified atom stereocenters. The Balaban J connectivity index is 1.75. The Morgan fingerprint density at radius 3 is 2.48 bits per heavy atom. The third-order valence-corrected chi connectivity index (χ3v) is 4.28. The molecule has 3 rings (SSSR count). The molecule has 0 N–H and O–H groups in total. The molecule has 1 heterocycles. The molecule has 0 aliphatic rings. The number of hydrogen-bond acceptors (Lipinski definition) is 4. The van der Waals surface area contributed by atoms with Gasteiger partial charge in [0.1, 0.15) is 17.4 Å². The molecule has 2 aromatic carbocycles. The zero-order valence-corrected chi connectivity index (χ0v) is 14.8. The minimum Gasteiger partial charge on any atom is -0.472 e. The predicted molar refractivity (Wildman–Crippen MR) is 97.2 cm³/mol. The highest BCUT2D eigenvalue weighted by Crippen LogP contribution is 2.18. The summed E-state index contributed by atoms with van der Waals surface area (Å²) in [5.41, 5.74) is 2.27. The third-order valence-electron chi connectivity index (χ3n) is 3.61. The van der Waals surface area contributed by atoms with E-state index in [9.17, 15) is 4.79 Å². The number of ether oxygens (including phenoxy) is 1. The fourth-order valence-electron chi connectivity index (χ4n) is 2.27. The second-order valence-electron chi connectivity index (χ2n) is 5.38. The highest BCUT2D eigenvalue weighted by atomic mass is 79.9. The molecule has 0 atom stereocenters. The Hall–Kier alpha value is -2.91. The van der Waals surface area contributed by atoms with Crippen LogP contribution in [0.3, 0.4) is 0 Å². The lowest BCUT2D eigenvalue weighted by atomic mass is 10.1. The maximum atomic E-state index is 12.5. The largest absolute Gasteiger partial charge is 0.472 e. The number of nitrogens with zero attached hydrogens (tertiary/aromatic N) is 3. The minimum atomic E-state index is -0.220. The van der Waals surface area contributed by atoms with E-state index in [1.54, 1.807) is 12.1 Å². The molecule has 124 valence electrons. The first-order valence-electron chi connectivity index (χ1n) is 7.58. The van der Waals surface area contributed by atoms with Crippen molar-refractivity contribution in [3.8, 4) is 11.9 Å². The Bertz CT molecular complexity index is 961. The smallest absolute Gasteiger partial charge is 0.271 e. The zero-order chi connectivity index (χ0) is 17.6. The monoisotopic (exact) mass is 395 g/mol. The van der Waals surface area contributed by atoms with Crippen molar-refractivity contribution in [2.75, 3.05) is 0 Å². The van der Waals surface area contributed by atoms with E-state index in [4.69, 9.17) is 10.00 Å².